The molecule has 2 N–H and O–H groups in total. The molecule has 5 heteroatoms. The number of hydrogen-bond acceptors (Lipinski definition) is 4. The minimum Gasteiger partial charge on any atom is -0.415 e. The van der Waals surface area contributed by atoms with Crippen LogP contribution in [-0.4, -0.2) is 0 Å². The SMILES string of the molecule is CCCC(N)(c1ccccc1)P(=O)(Oc1ccccc1)Oc1ccccc1. The van der Waals surface area contributed by atoms with Gasteiger partial charge in [0.25, 0.3) is 0 Å². The molecule has 0 heterocycles. The summed E-state index contributed by atoms with van der Waals surface area (Å²) in [6.45, 7) is 2.00. The fourth-order valence-corrected chi connectivity index (χ4v) is 5.09. The van der Waals surface area contributed by atoms with Gasteiger partial charge in [0.05, 0.1) is 0 Å². The summed E-state index contributed by atoms with van der Waals surface area (Å²) in [6, 6.07) is 27.4. The number of hydrogen-bond donors (Lipinski definition) is 1. The van der Waals surface area contributed by atoms with E-state index in [0.29, 0.717) is 17.9 Å². The molecule has 0 aliphatic heterocycles. The van der Waals surface area contributed by atoms with Crippen LogP contribution in [0.3, 0.4) is 0 Å². The molecule has 0 saturated carbocycles. The Kier molecular flexibility index (Phi) is 6.00. The number of para-hydroxylation sites is 2. The van der Waals surface area contributed by atoms with Gasteiger partial charge in [0.2, 0.25) is 0 Å². The minimum absolute atomic E-state index is 0.452. The van der Waals surface area contributed by atoms with Crippen molar-refractivity contribution in [3.05, 3.63) is 96.6 Å². The van der Waals surface area contributed by atoms with E-state index in [1.54, 1.807) is 24.3 Å². The van der Waals surface area contributed by atoms with Crippen molar-refractivity contribution in [1.29, 1.82) is 0 Å². The first kappa shape index (κ1) is 19.2. The van der Waals surface area contributed by atoms with Crippen LogP contribution in [0.5, 0.6) is 11.5 Å². The second-order valence-electron chi connectivity index (χ2n) is 6.35. The van der Waals surface area contributed by atoms with Crippen LogP contribution in [0.15, 0.2) is 91.0 Å². The molecule has 27 heavy (non-hydrogen) atoms. The summed E-state index contributed by atoms with van der Waals surface area (Å²) in [5, 5.41) is -1.28. The van der Waals surface area contributed by atoms with Crippen LogP contribution < -0.4 is 14.8 Å². The maximum Gasteiger partial charge on any atom is 0.455 e. The highest BCUT2D eigenvalue weighted by molar-refractivity contribution is 7.56. The highest BCUT2D eigenvalue weighted by atomic mass is 31.2. The smallest absolute Gasteiger partial charge is 0.415 e. The van der Waals surface area contributed by atoms with Crippen LogP contribution in [0, 0.1) is 0 Å². The monoisotopic (exact) mass is 381 g/mol. The van der Waals surface area contributed by atoms with Crippen LogP contribution >= 0.6 is 7.60 Å². The topological polar surface area (TPSA) is 61.6 Å². The van der Waals surface area contributed by atoms with Crippen molar-refractivity contribution >= 4 is 7.60 Å². The van der Waals surface area contributed by atoms with E-state index in [9.17, 15) is 4.57 Å². The lowest BCUT2D eigenvalue weighted by molar-refractivity contribution is 0.331. The Morgan fingerprint density at radius 3 is 1.59 bits per heavy atom. The maximum absolute atomic E-state index is 14.2. The third kappa shape index (κ3) is 4.24. The molecular formula is C22H24NO3P. The lowest BCUT2D eigenvalue weighted by Crippen LogP contribution is -2.39. The highest BCUT2D eigenvalue weighted by Crippen LogP contribution is 2.63. The van der Waals surface area contributed by atoms with Crippen molar-refractivity contribution in [2.45, 2.75) is 25.0 Å². The summed E-state index contributed by atoms with van der Waals surface area (Å²) in [6.07, 6.45) is 1.18. The first-order valence-corrected chi connectivity index (χ1v) is 10.6. The highest BCUT2D eigenvalue weighted by Gasteiger charge is 2.52. The van der Waals surface area contributed by atoms with E-state index in [1.165, 1.54) is 0 Å². The third-order valence-corrected chi connectivity index (χ3v) is 6.69. The summed E-state index contributed by atoms with van der Waals surface area (Å²) in [5.41, 5.74) is 7.52. The zero-order valence-electron chi connectivity index (χ0n) is 15.3. The molecule has 140 valence electrons. The van der Waals surface area contributed by atoms with E-state index < -0.39 is 12.9 Å². The molecule has 0 aliphatic carbocycles. The molecule has 0 radical (unpaired) electrons. The van der Waals surface area contributed by atoms with Gasteiger partial charge >= 0.3 is 7.60 Å². The van der Waals surface area contributed by atoms with Crippen molar-refractivity contribution in [1.82, 2.24) is 0 Å². The number of benzene rings is 3. The van der Waals surface area contributed by atoms with Crippen LogP contribution in [0.4, 0.5) is 0 Å². The maximum atomic E-state index is 14.2. The molecule has 4 nitrogen and oxygen atoms in total. The Morgan fingerprint density at radius 1 is 0.778 bits per heavy atom. The van der Waals surface area contributed by atoms with E-state index in [4.69, 9.17) is 14.8 Å². The van der Waals surface area contributed by atoms with Gasteiger partial charge in [-0.15, -0.1) is 0 Å². The van der Waals surface area contributed by atoms with Gasteiger partial charge in [0.1, 0.15) is 11.5 Å². The molecule has 1 unspecified atom stereocenters. The van der Waals surface area contributed by atoms with Crippen LogP contribution in [-0.2, 0) is 9.85 Å². The Balaban J connectivity index is 2.10. The third-order valence-electron chi connectivity index (χ3n) is 4.33. The zero-order valence-corrected chi connectivity index (χ0v) is 16.2. The second-order valence-corrected chi connectivity index (χ2v) is 8.50. The van der Waals surface area contributed by atoms with Gasteiger partial charge in [-0.3, -0.25) is 0 Å². The summed E-state index contributed by atoms with van der Waals surface area (Å²) < 4.78 is 26.2. The second kappa shape index (κ2) is 8.43. The van der Waals surface area contributed by atoms with E-state index >= 15 is 0 Å². The molecule has 0 bridgehead atoms. The lowest BCUT2D eigenvalue weighted by atomic mass is 10.0. The van der Waals surface area contributed by atoms with E-state index in [1.807, 2.05) is 73.7 Å². The summed E-state index contributed by atoms with van der Waals surface area (Å²) in [5.74, 6) is 0.914. The molecule has 0 amide bonds. The Morgan fingerprint density at radius 2 is 1.19 bits per heavy atom. The van der Waals surface area contributed by atoms with Crippen molar-refractivity contribution in [2.24, 2.45) is 5.73 Å². The average molecular weight is 381 g/mol. The fourth-order valence-electron chi connectivity index (χ4n) is 2.97. The summed E-state index contributed by atoms with van der Waals surface area (Å²) in [4.78, 5) is 0. The Hall–Kier alpha value is -2.55. The average Bonchev–Trinajstić information content (AvgIpc) is 2.70. The number of nitrogens with two attached hydrogens (primary N) is 1. The van der Waals surface area contributed by atoms with Crippen molar-refractivity contribution in [2.75, 3.05) is 0 Å². The summed E-state index contributed by atoms with van der Waals surface area (Å²) in [7, 11) is -3.85. The molecule has 0 spiro atoms. The molecule has 0 aliphatic rings. The standard InChI is InChI=1S/C22H24NO3P/c1-2-18-22(23,19-12-6-3-7-13-19)27(24,25-20-14-8-4-9-15-20)26-21-16-10-5-11-17-21/h3-17H,2,18,23H2,1H3. The van der Waals surface area contributed by atoms with Crippen LogP contribution in [0.1, 0.15) is 25.3 Å². The fraction of sp³-hybridized carbons (Fsp3) is 0.182. The van der Waals surface area contributed by atoms with Crippen LogP contribution in [0.2, 0.25) is 0 Å². The van der Waals surface area contributed by atoms with Crippen molar-refractivity contribution in [3.63, 3.8) is 0 Å². The first-order valence-electron chi connectivity index (χ1n) is 9.01. The van der Waals surface area contributed by atoms with E-state index in [2.05, 4.69) is 0 Å². The molecule has 3 aromatic carbocycles. The van der Waals surface area contributed by atoms with Crippen molar-refractivity contribution < 1.29 is 13.6 Å². The molecule has 3 rings (SSSR count). The quantitative estimate of drug-likeness (QED) is 0.490. The molecule has 0 saturated heterocycles. The largest absolute Gasteiger partial charge is 0.455 e. The molecule has 3 aromatic rings. The molecule has 0 aromatic heterocycles. The van der Waals surface area contributed by atoms with Crippen molar-refractivity contribution in [3.8, 4) is 11.5 Å². The minimum atomic E-state index is -3.85. The van der Waals surface area contributed by atoms with Gasteiger partial charge in [0.15, 0.2) is 5.28 Å². The zero-order chi connectivity index (χ0) is 19.2. The van der Waals surface area contributed by atoms with E-state index in [0.717, 1.165) is 12.0 Å². The van der Waals surface area contributed by atoms with Gasteiger partial charge in [0, 0.05) is 0 Å². The predicted molar refractivity (Wildman–Crippen MR) is 109 cm³/mol. The summed E-state index contributed by atoms with van der Waals surface area (Å²) >= 11 is 0. The Labute approximate surface area is 160 Å². The normalized spacial score (nSPS) is 13.6. The first-order chi connectivity index (χ1) is 13.1. The van der Waals surface area contributed by atoms with Gasteiger partial charge in [-0.1, -0.05) is 80.1 Å². The van der Waals surface area contributed by atoms with Crippen LogP contribution in [0.25, 0.3) is 0 Å². The van der Waals surface area contributed by atoms with Gasteiger partial charge in [-0.2, -0.15) is 0 Å². The Bertz CT molecular complexity index is 842. The molecule has 1 atom stereocenters. The molecule has 0 fully saturated rings. The van der Waals surface area contributed by atoms with Gasteiger partial charge in [-0.25, -0.2) is 4.57 Å². The molecular weight excluding hydrogens is 357 g/mol. The predicted octanol–water partition coefficient (Wildman–Crippen LogP) is 5.95. The number of rotatable bonds is 8. The van der Waals surface area contributed by atoms with Gasteiger partial charge in [-0.05, 0) is 36.2 Å². The van der Waals surface area contributed by atoms with E-state index in [-0.39, 0.29) is 0 Å². The lowest BCUT2D eigenvalue weighted by Gasteiger charge is -2.36. The van der Waals surface area contributed by atoms with Gasteiger partial charge < -0.3 is 14.8 Å².